The molecule has 1 rings (SSSR count). The van der Waals surface area contributed by atoms with Gasteiger partial charge >= 0.3 is 0 Å². The van der Waals surface area contributed by atoms with Crippen molar-refractivity contribution < 1.29 is 4.74 Å². The average Bonchev–Trinajstić information content (AvgIpc) is 2.72. The maximum atomic E-state index is 5.74. The molecule has 2 atom stereocenters. The number of ether oxygens (including phenoxy) is 1. The molecule has 3 N–H and O–H groups in total. The Hall–Kier alpha value is -0.910. The molecule has 17 heavy (non-hydrogen) atoms. The van der Waals surface area contributed by atoms with Gasteiger partial charge in [-0.05, 0) is 25.3 Å². The summed E-state index contributed by atoms with van der Waals surface area (Å²) in [6, 6.07) is 0.138. The third kappa shape index (κ3) is 4.46. The van der Waals surface area contributed by atoms with E-state index in [1.165, 1.54) is 5.56 Å². The van der Waals surface area contributed by atoms with Gasteiger partial charge in [-0.1, -0.05) is 13.3 Å². The van der Waals surface area contributed by atoms with Gasteiger partial charge in [0.1, 0.15) is 0 Å². The molecule has 0 spiro atoms. The fourth-order valence-corrected chi connectivity index (χ4v) is 2.03. The van der Waals surface area contributed by atoms with Crippen LogP contribution in [0.5, 0.6) is 0 Å². The fourth-order valence-electron chi connectivity index (χ4n) is 2.03. The second-order valence-electron chi connectivity index (χ2n) is 4.28. The van der Waals surface area contributed by atoms with E-state index in [9.17, 15) is 0 Å². The normalized spacial score (nSPS) is 14.8. The van der Waals surface area contributed by atoms with Crippen LogP contribution >= 0.6 is 0 Å². The molecule has 0 bridgehead atoms. The molecule has 0 saturated heterocycles. The van der Waals surface area contributed by atoms with Crippen LogP contribution in [0.25, 0.3) is 0 Å². The molecule has 2 unspecified atom stereocenters. The highest BCUT2D eigenvalue weighted by atomic mass is 16.5. The van der Waals surface area contributed by atoms with E-state index in [1.807, 2.05) is 26.4 Å². The van der Waals surface area contributed by atoms with Crippen LogP contribution in [0, 0.1) is 0 Å². The number of rotatable bonds is 8. The van der Waals surface area contributed by atoms with Crippen molar-refractivity contribution in [2.75, 3.05) is 6.61 Å². The van der Waals surface area contributed by atoms with E-state index in [1.54, 1.807) is 4.68 Å². The van der Waals surface area contributed by atoms with E-state index in [4.69, 9.17) is 10.6 Å². The van der Waals surface area contributed by atoms with Gasteiger partial charge in [0, 0.05) is 19.9 Å². The molecule has 5 nitrogen and oxygen atoms in total. The van der Waals surface area contributed by atoms with Gasteiger partial charge in [0.2, 0.25) is 0 Å². The second kappa shape index (κ2) is 7.42. The van der Waals surface area contributed by atoms with Crippen molar-refractivity contribution in [1.29, 1.82) is 0 Å². The standard InChI is InChI=1S/C12H24N4O/c1-4-6-12(17-5-2)11(15-13)7-10-8-14-16(3)9-10/h8-9,11-12,15H,4-7,13H2,1-3H3. The van der Waals surface area contributed by atoms with Gasteiger partial charge < -0.3 is 4.74 Å². The van der Waals surface area contributed by atoms with Crippen LogP contribution < -0.4 is 11.3 Å². The molecular formula is C12H24N4O. The van der Waals surface area contributed by atoms with Gasteiger partial charge in [-0.3, -0.25) is 16.0 Å². The topological polar surface area (TPSA) is 65.1 Å². The number of aromatic nitrogens is 2. The first-order valence-corrected chi connectivity index (χ1v) is 6.26. The lowest BCUT2D eigenvalue weighted by atomic mass is 10.0. The predicted molar refractivity (Wildman–Crippen MR) is 68.3 cm³/mol. The Morgan fingerprint density at radius 3 is 2.76 bits per heavy atom. The molecule has 0 aliphatic heterocycles. The molecule has 1 aromatic heterocycles. The number of nitrogens with one attached hydrogen (secondary N) is 1. The number of nitrogens with zero attached hydrogens (tertiary/aromatic N) is 2. The molecule has 0 aromatic carbocycles. The quantitative estimate of drug-likeness (QED) is 0.525. The number of aryl methyl sites for hydroxylation is 1. The Morgan fingerprint density at radius 1 is 1.53 bits per heavy atom. The summed E-state index contributed by atoms with van der Waals surface area (Å²) in [7, 11) is 1.92. The van der Waals surface area contributed by atoms with Crippen molar-refractivity contribution in [3.8, 4) is 0 Å². The minimum absolute atomic E-state index is 0.138. The van der Waals surface area contributed by atoms with Crippen LogP contribution in [0.1, 0.15) is 32.3 Å². The lowest BCUT2D eigenvalue weighted by Gasteiger charge is -2.25. The number of hydrazine groups is 1. The first kappa shape index (κ1) is 14.2. The number of hydrogen-bond acceptors (Lipinski definition) is 4. The molecule has 0 saturated carbocycles. The third-order valence-electron chi connectivity index (χ3n) is 2.83. The van der Waals surface area contributed by atoms with Crippen LogP contribution in [0.15, 0.2) is 12.4 Å². The maximum Gasteiger partial charge on any atom is 0.0744 e. The number of hydrogen-bond donors (Lipinski definition) is 2. The summed E-state index contributed by atoms with van der Waals surface area (Å²) in [4.78, 5) is 0. The smallest absolute Gasteiger partial charge is 0.0744 e. The Balaban J connectivity index is 2.61. The molecule has 98 valence electrons. The highest BCUT2D eigenvalue weighted by Crippen LogP contribution is 2.12. The molecule has 1 heterocycles. The summed E-state index contributed by atoms with van der Waals surface area (Å²) in [5.41, 5.74) is 4.04. The lowest BCUT2D eigenvalue weighted by molar-refractivity contribution is 0.0281. The molecular weight excluding hydrogens is 216 g/mol. The minimum atomic E-state index is 0.138. The zero-order valence-corrected chi connectivity index (χ0v) is 11.0. The summed E-state index contributed by atoms with van der Waals surface area (Å²) < 4.78 is 7.55. The van der Waals surface area contributed by atoms with Gasteiger partial charge in [0.25, 0.3) is 0 Å². The Morgan fingerprint density at radius 2 is 2.29 bits per heavy atom. The molecule has 5 heteroatoms. The van der Waals surface area contributed by atoms with Crippen LogP contribution in [0.2, 0.25) is 0 Å². The molecule has 0 amide bonds. The monoisotopic (exact) mass is 240 g/mol. The maximum absolute atomic E-state index is 5.74. The van der Waals surface area contributed by atoms with E-state index in [0.29, 0.717) is 0 Å². The zero-order valence-electron chi connectivity index (χ0n) is 11.0. The molecule has 0 aliphatic rings. The zero-order chi connectivity index (χ0) is 12.7. The summed E-state index contributed by atoms with van der Waals surface area (Å²) in [5.74, 6) is 5.63. The van der Waals surface area contributed by atoms with Gasteiger partial charge in [-0.2, -0.15) is 5.10 Å². The van der Waals surface area contributed by atoms with Crippen molar-refractivity contribution in [3.05, 3.63) is 18.0 Å². The summed E-state index contributed by atoms with van der Waals surface area (Å²) in [5, 5.41) is 4.16. The average molecular weight is 240 g/mol. The lowest BCUT2D eigenvalue weighted by Crippen LogP contribution is -2.46. The SMILES string of the molecule is CCCC(OCC)C(Cc1cnn(C)c1)NN. The predicted octanol–water partition coefficient (Wildman–Crippen LogP) is 1.000. The van der Waals surface area contributed by atoms with E-state index in [0.717, 1.165) is 25.9 Å². The Kier molecular flexibility index (Phi) is 6.18. The third-order valence-corrected chi connectivity index (χ3v) is 2.83. The van der Waals surface area contributed by atoms with E-state index in [2.05, 4.69) is 17.4 Å². The largest absolute Gasteiger partial charge is 0.377 e. The molecule has 0 fully saturated rings. The molecule has 1 aromatic rings. The Labute approximate surface area is 103 Å². The fraction of sp³-hybridized carbons (Fsp3) is 0.750. The summed E-state index contributed by atoms with van der Waals surface area (Å²) in [6.45, 7) is 4.89. The molecule has 0 radical (unpaired) electrons. The van der Waals surface area contributed by atoms with Crippen molar-refractivity contribution in [2.24, 2.45) is 12.9 Å². The van der Waals surface area contributed by atoms with Crippen LogP contribution in [0.3, 0.4) is 0 Å². The van der Waals surface area contributed by atoms with E-state index in [-0.39, 0.29) is 12.1 Å². The highest BCUT2D eigenvalue weighted by molar-refractivity contribution is 5.06. The molecule has 0 aliphatic carbocycles. The van der Waals surface area contributed by atoms with Crippen molar-refractivity contribution in [2.45, 2.75) is 45.3 Å². The van der Waals surface area contributed by atoms with Crippen molar-refractivity contribution in [3.63, 3.8) is 0 Å². The highest BCUT2D eigenvalue weighted by Gasteiger charge is 2.20. The van der Waals surface area contributed by atoms with Gasteiger partial charge in [-0.25, -0.2) is 0 Å². The Bertz CT molecular complexity index is 307. The van der Waals surface area contributed by atoms with Crippen LogP contribution in [-0.2, 0) is 18.2 Å². The van der Waals surface area contributed by atoms with Crippen molar-refractivity contribution >= 4 is 0 Å². The van der Waals surface area contributed by atoms with Crippen molar-refractivity contribution in [1.82, 2.24) is 15.2 Å². The van der Waals surface area contributed by atoms with Crippen LogP contribution in [0.4, 0.5) is 0 Å². The number of nitrogens with two attached hydrogens (primary N) is 1. The first-order chi connectivity index (χ1) is 8.21. The van der Waals surface area contributed by atoms with Gasteiger partial charge in [0.15, 0.2) is 0 Å². The van der Waals surface area contributed by atoms with E-state index < -0.39 is 0 Å². The van der Waals surface area contributed by atoms with Gasteiger partial charge in [0.05, 0.1) is 18.3 Å². The minimum Gasteiger partial charge on any atom is -0.377 e. The van der Waals surface area contributed by atoms with Gasteiger partial charge in [-0.15, -0.1) is 0 Å². The summed E-state index contributed by atoms with van der Waals surface area (Å²) in [6.07, 6.45) is 7.00. The first-order valence-electron chi connectivity index (χ1n) is 6.26. The summed E-state index contributed by atoms with van der Waals surface area (Å²) >= 11 is 0. The van der Waals surface area contributed by atoms with Crippen LogP contribution in [-0.4, -0.2) is 28.5 Å². The van der Waals surface area contributed by atoms with E-state index >= 15 is 0 Å². The second-order valence-corrected chi connectivity index (χ2v) is 4.28.